The summed E-state index contributed by atoms with van der Waals surface area (Å²) >= 11 is 0. The van der Waals surface area contributed by atoms with Gasteiger partial charge in [-0.15, -0.1) is 0 Å². The molecule has 33 heavy (non-hydrogen) atoms. The number of nitrogens with one attached hydrogen (secondary N) is 1. The van der Waals surface area contributed by atoms with Crippen molar-refractivity contribution in [1.82, 2.24) is 9.78 Å². The van der Waals surface area contributed by atoms with Crippen LogP contribution in [0.25, 0.3) is 0 Å². The van der Waals surface area contributed by atoms with Crippen molar-refractivity contribution in [3.05, 3.63) is 53.1 Å². The third kappa shape index (κ3) is 5.02. The molecule has 2 heterocycles. The highest BCUT2D eigenvalue weighted by Gasteiger charge is 2.38. The SMILES string of the molecule is N#CC(C#N)C(c1ccc(C(F)(F)F)c(F)c1)C(C#N)C(=N)c1cnn(C2CCCCO2)c1. The van der Waals surface area contributed by atoms with Crippen molar-refractivity contribution in [2.45, 2.75) is 37.6 Å². The van der Waals surface area contributed by atoms with E-state index in [9.17, 15) is 33.3 Å². The van der Waals surface area contributed by atoms with Gasteiger partial charge in [0.15, 0.2) is 0 Å². The molecule has 0 radical (unpaired) electrons. The molecule has 1 saturated heterocycles. The molecule has 1 fully saturated rings. The number of hydrogen-bond acceptors (Lipinski definition) is 6. The van der Waals surface area contributed by atoms with E-state index < -0.39 is 35.3 Å². The molecule has 0 aliphatic carbocycles. The Morgan fingerprint density at radius 1 is 1.18 bits per heavy atom. The Bertz CT molecular complexity index is 1130. The third-order valence-electron chi connectivity index (χ3n) is 5.49. The monoisotopic (exact) mass is 458 g/mol. The fourth-order valence-corrected chi connectivity index (χ4v) is 3.81. The normalized spacial score (nSPS) is 18.1. The number of halogens is 4. The van der Waals surface area contributed by atoms with Gasteiger partial charge in [-0.1, -0.05) is 6.07 Å². The lowest BCUT2D eigenvalue weighted by molar-refractivity contribution is -0.140. The van der Waals surface area contributed by atoms with Crippen molar-refractivity contribution < 1.29 is 22.3 Å². The molecule has 0 saturated carbocycles. The third-order valence-corrected chi connectivity index (χ3v) is 5.49. The second-order valence-corrected chi connectivity index (χ2v) is 7.55. The van der Waals surface area contributed by atoms with Crippen LogP contribution in [0.4, 0.5) is 17.6 Å². The highest BCUT2D eigenvalue weighted by molar-refractivity contribution is 6.01. The average Bonchev–Trinajstić information content (AvgIpc) is 3.29. The number of benzene rings is 1. The van der Waals surface area contributed by atoms with Crippen molar-refractivity contribution in [3.63, 3.8) is 0 Å². The smallest absolute Gasteiger partial charge is 0.357 e. The number of rotatable bonds is 6. The zero-order valence-corrected chi connectivity index (χ0v) is 17.2. The average molecular weight is 458 g/mol. The van der Waals surface area contributed by atoms with E-state index in [1.807, 2.05) is 6.07 Å². The van der Waals surface area contributed by atoms with E-state index in [-0.39, 0.29) is 23.1 Å². The molecular weight excluding hydrogens is 440 g/mol. The molecule has 2 aromatic rings. The van der Waals surface area contributed by atoms with Crippen molar-refractivity contribution in [3.8, 4) is 18.2 Å². The number of hydrogen-bond donors (Lipinski definition) is 1. The molecule has 0 amide bonds. The quantitative estimate of drug-likeness (QED) is 0.497. The molecule has 170 valence electrons. The summed E-state index contributed by atoms with van der Waals surface area (Å²) in [7, 11) is 0. The molecule has 11 heteroatoms. The van der Waals surface area contributed by atoms with Crippen molar-refractivity contribution in [2.24, 2.45) is 11.8 Å². The van der Waals surface area contributed by atoms with Gasteiger partial charge in [-0.2, -0.15) is 34.1 Å². The molecule has 1 aromatic heterocycles. The molecule has 3 atom stereocenters. The summed E-state index contributed by atoms with van der Waals surface area (Å²) in [5, 5.41) is 41.3. The van der Waals surface area contributed by atoms with Crippen LogP contribution in [0.2, 0.25) is 0 Å². The number of ether oxygens (including phenoxy) is 1. The van der Waals surface area contributed by atoms with Crippen LogP contribution in [0.1, 0.15) is 48.1 Å². The maximum Gasteiger partial charge on any atom is 0.419 e. The Morgan fingerprint density at radius 3 is 2.45 bits per heavy atom. The molecule has 1 N–H and O–H groups in total. The molecule has 1 aromatic carbocycles. The summed E-state index contributed by atoms with van der Waals surface area (Å²) in [5.41, 5.74) is -1.73. The first kappa shape index (κ1) is 23.9. The maximum absolute atomic E-state index is 14.2. The van der Waals surface area contributed by atoms with Gasteiger partial charge in [-0.25, -0.2) is 9.07 Å². The van der Waals surface area contributed by atoms with Gasteiger partial charge >= 0.3 is 6.18 Å². The topological polar surface area (TPSA) is 122 Å². The summed E-state index contributed by atoms with van der Waals surface area (Å²) in [6.45, 7) is 0.561. The zero-order chi connectivity index (χ0) is 24.2. The van der Waals surface area contributed by atoms with Crippen LogP contribution in [-0.2, 0) is 10.9 Å². The molecular formula is C22H18F4N6O. The van der Waals surface area contributed by atoms with Crippen LogP contribution < -0.4 is 0 Å². The van der Waals surface area contributed by atoms with E-state index in [1.54, 1.807) is 12.1 Å². The van der Waals surface area contributed by atoms with Gasteiger partial charge in [0.2, 0.25) is 0 Å². The Labute approximate surface area is 186 Å². The summed E-state index contributed by atoms with van der Waals surface area (Å²) in [6.07, 6.45) is 0.154. The fraction of sp³-hybridized carbons (Fsp3) is 0.409. The predicted molar refractivity (Wildman–Crippen MR) is 106 cm³/mol. The summed E-state index contributed by atoms with van der Waals surface area (Å²) in [5.74, 6) is -5.88. The lowest BCUT2D eigenvalue weighted by atomic mass is 9.75. The minimum absolute atomic E-state index is 0.159. The Kier molecular flexibility index (Phi) is 7.10. The van der Waals surface area contributed by atoms with Gasteiger partial charge in [-0.05, 0) is 37.0 Å². The lowest BCUT2D eigenvalue weighted by Crippen LogP contribution is -2.26. The Balaban J connectivity index is 1.98. The highest BCUT2D eigenvalue weighted by atomic mass is 19.4. The number of nitriles is 3. The van der Waals surface area contributed by atoms with Crippen molar-refractivity contribution in [2.75, 3.05) is 6.61 Å². The Hall–Kier alpha value is -3.75. The van der Waals surface area contributed by atoms with Crippen LogP contribution in [0.5, 0.6) is 0 Å². The van der Waals surface area contributed by atoms with Gasteiger partial charge in [-0.3, -0.25) is 0 Å². The second-order valence-electron chi connectivity index (χ2n) is 7.55. The molecule has 7 nitrogen and oxygen atoms in total. The minimum Gasteiger partial charge on any atom is -0.357 e. The summed E-state index contributed by atoms with van der Waals surface area (Å²) in [4.78, 5) is 0. The minimum atomic E-state index is -4.93. The lowest BCUT2D eigenvalue weighted by Gasteiger charge is -2.24. The Morgan fingerprint density at radius 2 is 1.91 bits per heavy atom. The molecule has 1 aliphatic rings. The van der Waals surface area contributed by atoms with Gasteiger partial charge in [0.05, 0.1) is 41.6 Å². The van der Waals surface area contributed by atoms with Crippen LogP contribution in [0.15, 0.2) is 30.6 Å². The van der Waals surface area contributed by atoms with Crippen LogP contribution in [0, 0.1) is 57.1 Å². The first-order valence-corrected chi connectivity index (χ1v) is 10.0. The van der Waals surface area contributed by atoms with E-state index >= 15 is 0 Å². The summed E-state index contributed by atoms with van der Waals surface area (Å²) in [6, 6.07) is 7.25. The van der Waals surface area contributed by atoms with Gasteiger partial charge in [0, 0.05) is 24.3 Å². The van der Waals surface area contributed by atoms with Crippen molar-refractivity contribution >= 4 is 5.71 Å². The van der Waals surface area contributed by atoms with Crippen LogP contribution >= 0.6 is 0 Å². The van der Waals surface area contributed by atoms with E-state index in [2.05, 4.69) is 5.10 Å². The number of alkyl halides is 3. The largest absolute Gasteiger partial charge is 0.419 e. The first-order chi connectivity index (χ1) is 15.7. The maximum atomic E-state index is 14.2. The highest BCUT2D eigenvalue weighted by Crippen LogP contribution is 2.38. The molecule has 3 unspecified atom stereocenters. The first-order valence-electron chi connectivity index (χ1n) is 10.0. The van der Waals surface area contributed by atoms with Gasteiger partial charge < -0.3 is 10.1 Å². The van der Waals surface area contributed by atoms with E-state index in [4.69, 9.17) is 10.1 Å². The molecule has 0 bridgehead atoms. The fourth-order valence-electron chi connectivity index (χ4n) is 3.81. The number of aromatic nitrogens is 2. The number of nitrogens with zero attached hydrogens (tertiary/aromatic N) is 5. The standard InChI is InChI=1S/C22H18F4N6O/c23-18-7-13(4-5-17(18)22(24,25)26)20(14(8-27)9-28)16(10-29)21(30)15-11-31-32(12-15)19-3-1-2-6-33-19/h4-5,7,11-12,14,16,19-20,30H,1-3,6H2. The van der Waals surface area contributed by atoms with Gasteiger partial charge in [0.1, 0.15) is 18.0 Å². The van der Waals surface area contributed by atoms with Gasteiger partial charge in [0.25, 0.3) is 0 Å². The second kappa shape index (κ2) is 9.81. The van der Waals surface area contributed by atoms with E-state index in [0.29, 0.717) is 25.2 Å². The molecule has 1 aliphatic heterocycles. The van der Waals surface area contributed by atoms with E-state index in [0.717, 1.165) is 18.9 Å². The van der Waals surface area contributed by atoms with Crippen molar-refractivity contribution in [1.29, 1.82) is 21.2 Å². The molecule has 0 spiro atoms. The predicted octanol–water partition coefficient (Wildman–Crippen LogP) is 4.69. The van der Waals surface area contributed by atoms with E-state index in [1.165, 1.54) is 17.1 Å². The zero-order valence-electron chi connectivity index (χ0n) is 17.2. The van der Waals surface area contributed by atoms with Crippen LogP contribution in [0.3, 0.4) is 0 Å². The van der Waals surface area contributed by atoms with Crippen LogP contribution in [-0.4, -0.2) is 22.1 Å². The summed E-state index contributed by atoms with van der Waals surface area (Å²) < 4.78 is 60.2. The molecule has 3 rings (SSSR count).